The Bertz CT molecular complexity index is 484. The van der Waals surface area contributed by atoms with E-state index < -0.39 is 6.23 Å². The van der Waals surface area contributed by atoms with Crippen LogP contribution in [0.5, 0.6) is 5.75 Å². The summed E-state index contributed by atoms with van der Waals surface area (Å²) in [5, 5.41) is 6.43. The second-order valence-corrected chi connectivity index (χ2v) is 4.97. The molecule has 2 aliphatic rings. The van der Waals surface area contributed by atoms with Crippen molar-refractivity contribution >= 4 is 12.0 Å². The lowest BCUT2D eigenvalue weighted by Gasteiger charge is -2.44. The van der Waals surface area contributed by atoms with Crippen LogP contribution in [0, 0.1) is 0 Å². The van der Waals surface area contributed by atoms with E-state index >= 15 is 0 Å². The smallest absolute Gasteiger partial charge is 0.185 e. The highest BCUT2D eigenvalue weighted by atomic mass is 16.5. The van der Waals surface area contributed by atoms with E-state index in [1.165, 1.54) is 0 Å². The summed E-state index contributed by atoms with van der Waals surface area (Å²) in [5.41, 5.74) is 1.67. The zero-order valence-electron chi connectivity index (χ0n) is 10.9. The predicted octanol–water partition coefficient (Wildman–Crippen LogP) is 1.24. The molecule has 5 nitrogen and oxygen atoms in total. The zero-order chi connectivity index (χ0) is 13.3. The molecule has 2 heterocycles. The number of carbonyl (C=O) groups is 1. The van der Waals surface area contributed by atoms with Crippen molar-refractivity contribution in [1.82, 2.24) is 5.32 Å². The number of piperidine rings is 1. The van der Waals surface area contributed by atoms with Crippen LogP contribution in [-0.4, -0.2) is 32.7 Å². The van der Waals surface area contributed by atoms with Crippen LogP contribution in [0.3, 0.4) is 0 Å². The fourth-order valence-corrected chi connectivity index (χ4v) is 2.92. The largest absolute Gasteiger partial charge is 0.497 e. The van der Waals surface area contributed by atoms with Gasteiger partial charge in [0.25, 0.3) is 0 Å². The molecule has 5 heteroatoms. The summed E-state index contributed by atoms with van der Waals surface area (Å²) in [6, 6.07) is 5.86. The van der Waals surface area contributed by atoms with Crippen molar-refractivity contribution in [3.63, 3.8) is 0 Å². The molecule has 0 amide bonds. The van der Waals surface area contributed by atoms with Crippen molar-refractivity contribution in [2.75, 3.05) is 25.5 Å². The zero-order valence-corrected chi connectivity index (χ0v) is 10.9. The fraction of sp³-hybridized carbons (Fsp3) is 0.500. The highest BCUT2D eigenvalue weighted by Crippen LogP contribution is 2.44. The predicted molar refractivity (Wildman–Crippen MR) is 71.3 cm³/mol. The van der Waals surface area contributed by atoms with E-state index in [0.717, 1.165) is 49.2 Å². The first-order chi connectivity index (χ1) is 9.27. The standard InChI is InChI=1S/C14H18N2O3/c1-18-10-2-3-12-11(8-10)14(4-6-15-7-5-14)19-13(9-17)16-12/h2-3,8-9,13,15-16H,4-7H2,1H3. The maximum Gasteiger partial charge on any atom is 0.185 e. The average Bonchev–Trinajstić information content (AvgIpc) is 2.47. The number of hydrogen-bond acceptors (Lipinski definition) is 5. The van der Waals surface area contributed by atoms with Gasteiger partial charge in [-0.05, 0) is 44.1 Å². The lowest BCUT2D eigenvalue weighted by Crippen LogP contribution is -2.49. The first-order valence-electron chi connectivity index (χ1n) is 6.56. The van der Waals surface area contributed by atoms with Crippen LogP contribution < -0.4 is 15.4 Å². The van der Waals surface area contributed by atoms with Gasteiger partial charge in [-0.3, -0.25) is 4.79 Å². The number of nitrogens with one attached hydrogen (secondary N) is 2. The molecule has 1 aromatic carbocycles. The number of carbonyl (C=O) groups excluding carboxylic acids is 1. The van der Waals surface area contributed by atoms with Crippen LogP contribution in [0.4, 0.5) is 5.69 Å². The van der Waals surface area contributed by atoms with Crippen molar-refractivity contribution in [2.24, 2.45) is 0 Å². The summed E-state index contributed by atoms with van der Waals surface area (Å²) in [4.78, 5) is 11.1. The number of rotatable bonds is 2. The molecule has 0 aromatic heterocycles. The second kappa shape index (κ2) is 4.83. The fourth-order valence-electron chi connectivity index (χ4n) is 2.92. The van der Waals surface area contributed by atoms with E-state index in [-0.39, 0.29) is 5.60 Å². The lowest BCUT2D eigenvalue weighted by atomic mass is 9.82. The molecule has 0 bridgehead atoms. The molecule has 0 radical (unpaired) electrons. The van der Waals surface area contributed by atoms with Crippen LogP contribution >= 0.6 is 0 Å². The average molecular weight is 262 g/mol. The molecule has 102 valence electrons. The Labute approximate surface area is 112 Å². The Morgan fingerprint density at radius 2 is 2.21 bits per heavy atom. The molecular formula is C14H18N2O3. The van der Waals surface area contributed by atoms with Crippen LogP contribution in [-0.2, 0) is 15.1 Å². The van der Waals surface area contributed by atoms with E-state index in [4.69, 9.17) is 9.47 Å². The van der Waals surface area contributed by atoms with Crippen LogP contribution in [0.25, 0.3) is 0 Å². The normalized spacial score (nSPS) is 24.4. The van der Waals surface area contributed by atoms with Crippen molar-refractivity contribution in [2.45, 2.75) is 24.7 Å². The molecule has 2 aliphatic heterocycles. The molecule has 1 atom stereocenters. The van der Waals surface area contributed by atoms with E-state index in [1.807, 2.05) is 18.2 Å². The van der Waals surface area contributed by atoms with Gasteiger partial charge in [0, 0.05) is 11.3 Å². The van der Waals surface area contributed by atoms with Gasteiger partial charge in [-0.2, -0.15) is 0 Å². The van der Waals surface area contributed by atoms with Gasteiger partial charge in [0.2, 0.25) is 0 Å². The Hall–Kier alpha value is -1.59. The number of aldehydes is 1. The number of benzene rings is 1. The van der Waals surface area contributed by atoms with Crippen LogP contribution in [0.1, 0.15) is 18.4 Å². The van der Waals surface area contributed by atoms with Gasteiger partial charge in [-0.1, -0.05) is 0 Å². The van der Waals surface area contributed by atoms with Crippen molar-refractivity contribution in [1.29, 1.82) is 0 Å². The maximum absolute atomic E-state index is 11.1. The first kappa shape index (κ1) is 12.4. The molecule has 3 rings (SSSR count). The SMILES string of the molecule is COc1ccc2c(c1)C1(CCNCC1)OC(C=O)N2. The van der Waals surface area contributed by atoms with Gasteiger partial charge in [0.1, 0.15) is 11.4 Å². The van der Waals surface area contributed by atoms with Crippen molar-refractivity contribution in [3.8, 4) is 5.75 Å². The van der Waals surface area contributed by atoms with Crippen molar-refractivity contribution in [3.05, 3.63) is 23.8 Å². The second-order valence-electron chi connectivity index (χ2n) is 4.97. The third-order valence-electron chi connectivity index (χ3n) is 3.90. The lowest BCUT2D eigenvalue weighted by molar-refractivity contribution is -0.139. The number of hydrogen-bond donors (Lipinski definition) is 2. The molecule has 1 unspecified atom stereocenters. The molecule has 1 fully saturated rings. The highest BCUT2D eigenvalue weighted by Gasteiger charge is 2.42. The Morgan fingerprint density at radius 1 is 1.42 bits per heavy atom. The topological polar surface area (TPSA) is 59.6 Å². The summed E-state index contributed by atoms with van der Waals surface area (Å²) >= 11 is 0. The highest BCUT2D eigenvalue weighted by molar-refractivity contribution is 5.68. The minimum atomic E-state index is -0.570. The monoisotopic (exact) mass is 262 g/mol. The number of methoxy groups -OCH3 is 1. The number of ether oxygens (including phenoxy) is 2. The minimum Gasteiger partial charge on any atom is -0.497 e. The van der Waals surface area contributed by atoms with E-state index in [9.17, 15) is 4.79 Å². The maximum atomic E-state index is 11.1. The summed E-state index contributed by atoms with van der Waals surface area (Å²) < 4.78 is 11.3. The van der Waals surface area contributed by atoms with Gasteiger partial charge < -0.3 is 20.1 Å². The molecule has 0 aliphatic carbocycles. The first-order valence-corrected chi connectivity index (χ1v) is 6.56. The van der Waals surface area contributed by atoms with Gasteiger partial charge in [-0.15, -0.1) is 0 Å². The summed E-state index contributed by atoms with van der Waals surface area (Å²) in [6.45, 7) is 1.78. The summed E-state index contributed by atoms with van der Waals surface area (Å²) in [6.07, 6.45) is 1.97. The van der Waals surface area contributed by atoms with Gasteiger partial charge in [0.05, 0.1) is 7.11 Å². The van der Waals surface area contributed by atoms with Gasteiger partial charge >= 0.3 is 0 Å². The van der Waals surface area contributed by atoms with Gasteiger partial charge in [-0.25, -0.2) is 0 Å². The molecule has 0 saturated carbocycles. The van der Waals surface area contributed by atoms with Crippen LogP contribution in [0.2, 0.25) is 0 Å². The van der Waals surface area contributed by atoms with Crippen molar-refractivity contribution < 1.29 is 14.3 Å². The van der Waals surface area contributed by atoms with Crippen LogP contribution in [0.15, 0.2) is 18.2 Å². The molecule has 1 spiro atoms. The Morgan fingerprint density at radius 3 is 2.89 bits per heavy atom. The van der Waals surface area contributed by atoms with Gasteiger partial charge in [0.15, 0.2) is 12.5 Å². The third-order valence-corrected chi connectivity index (χ3v) is 3.90. The number of fused-ring (bicyclic) bond motifs is 2. The molecule has 1 aromatic rings. The molecule has 2 N–H and O–H groups in total. The molecular weight excluding hydrogens is 244 g/mol. The summed E-state index contributed by atoms with van der Waals surface area (Å²) in [5.74, 6) is 0.812. The molecule has 1 saturated heterocycles. The number of anilines is 1. The minimum absolute atomic E-state index is 0.383. The van der Waals surface area contributed by atoms with E-state index in [2.05, 4.69) is 10.6 Å². The van der Waals surface area contributed by atoms with E-state index in [0.29, 0.717) is 0 Å². The van der Waals surface area contributed by atoms with E-state index in [1.54, 1.807) is 7.11 Å². The molecule has 19 heavy (non-hydrogen) atoms. The Balaban J connectivity index is 2.06. The summed E-state index contributed by atoms with van der Waals surface area (Å²) in [7, 11) is 1.65. The quantitative estimate of drug-likeness (QED) is 0.785. The Kier molecular flexibility index (Phi) is 3.16. The third kappa shape index (κ3) is 2.09.